The van der Waals surface area contributed by atoms with Crippen LogP contribution in [0.3, 0.4) is 0 Å². The molecular weight excluding hydrogens is 192 g/mol. The fraction of sp³-hybridized carbons (Fsp3) is 0.909. The van der Waals surface area contributed by atoms with Gasteiger partial charge in [-0.3, -0.25) is 4.79 Å². The first-order chi connectivity index (χ1) is 7.10. The standard InChI is InChI=1S/C11H20N2O2/c12-11(4-2-1-3-5-11)10(15)13-8-6-9(14)7-8/h8-9,14H,1-7,12H2,(H,13,15). The van der Waals surface area contributed by atoms with Gasteiger partial charge >= 0.3 is 0 Å². The van der Waals surface area contributed by atoms with Gasteiger partial charge in [0, 0.05) is 6.04 Å². The van der Waals surface area contributed by atoms with E-state index in [-0.39, 0.29) is 18.1 Å². The van der Waals surface area contributed by atoms with Crippen LogP contribution in [0.2, 0.25) is 0 Å². The minimum Gasteiger partial charge on any atom is -0.393 e. The van der Waals surface area contributed by atoms with Crippen molar-refractivity contribution in [1.82, 2.24) is 5.32 Å². The first-order valence-corrected chi connectivity index (χ1v) is 5.88. The van der Waals surface area contributed by atoms with Crippen molar-refractivity contribution in [3.63, 3.8) is 0 Å². The number of amides is 1. The lowest BCUT2D eigenvalue weighted by Gasteiger charge is -2.37. The molecule has 0 bridgehead atoms. The maximum Gasteiger partial charge on any atom is 0.240 e. The van der Waals surface area contributed by atoms with Crippen LogP contribution in [0, 0.1) is 0 Å². The lowest BCUT2D eigenvalue weighted by Crippen LogP contribution is -2.59. The highest BCUT2D eigenvalue weighted by Gasteiger charge is 2.38. The number of aliphatic hydroxyl groups excluding tert-OH is 1. The molecule has 2 fully saturated rings. The zero-order valence-corrected chi connectivity index (χ0v) is 9.04. The van der Waals surface area contributed by atoms with E-state index in [0.29, 0.717) is 12.8 Å². The van der Waals surface area contributed by atoms with Gasteiger partial charge < -0.3 is 16.2 Å². The molecule has 0 aromatic carbocycles. The van der Waals surface area contributed by atoms with Gasteiger partial charge in [0.1, 0.15) is 0 Å². The summed E-state index contributed by atoms with van der Waals surface area (Å²) < 4.78 is 0. The highest BCUT2D eigenvalue weighted by molar-refractivity contribution is 5.86. The van der Waals surface area contributed by atoms with Crippen molar-refractivity contribution in [3.05, 3.63) is 0 Å². The fourth-order valence-corrected chi connectivity index (χ4v) is 2.44. The molecule has 15 heavy (non-hydrogen) atoms. The zero-order valence-electron chi connectivity index (χ0n) is 9.04. The van der Waals surface area contributed by atoms with Crippen LogP contribution in [0.4, 0.5) is 0 Å². The highest BCUT2D eigenvalue weighted by Crippen LogP contribution is 2.27. The number of nitrogens with one attached hydrogen (secondary N) is 1. The predicted molar refractivity (Wildman–Crippen MR) is 57.2 cm³/mol. The summed E-state index contributed by atoms with van der Waals surface area (Å²) in [5, 5.41) is 12.1. The average molecular weight is 212 g/mol. The van der Waals surface area contributed by atoms with Crippen LogP contribution >= 0.6 is 0 Å². The molecular formula is C11H20N2O2. The third kappa shape index (κ3) is 2.32. The zero-order chi connectivity index (χ0) is 10.9. The summed E-state index contributed by atoms with van der Waals surface area (Å²) in [6, 6.07) is 0.148. The molecule has 0 saturated heterocycles. The van der Waals surface area contributed by atoms with E-state index in [1.807, 2.05) is 0 Å². The molecule has 0 heterocycles. The molecule has 4 nitrogen and oxygen atoms in total. The van der Waals surface area contributed by atoms with Crippen molar-refractivity contribution >= 4 is 5.91 Å². The van der Waals surface area contributed by atoms with Gasteiger partial charge in [-0.05, 0) is 25.7 Å². The van der Waals surface area contributed by atoms with Gasteiger partial charge in [-0.1, -0.05) is 19.3 Å². The Kier molecular flexibility index (Phi) is 2.98. The maximum atomic E-state index is 11.9. The lowest BCUT2D eigenvalue weighted by molar-refractivity contribution is -0.129. The summed E-state index contributed by atoms with van der Waals surface area (Å²) in [5.74, 6) is -0.0147. The van der Waals surface area contributed by atoms with Crippen molar-refractivity contribution in [2.75, 3.05) is 0 Å². The summed E-state index contributed by atoms with van der Waals surface area (Å²) in [5.41, 5.74) is 5.45. The molecule has 1 amide bonds. The van der Waals surface area contributed by atoms with Crippen molar-refractivity contribution < 1.29 is 9.90 Å². The quantitative estimate of drug-likeness (QED) is 0.615. The normalized spacial score (nSPS) is 34.3. The van der Waals surface area contributed by atoms with Gasteiger partial charge in [0.25, 0.3) is 0 Å². The molecule has 2 aliphatic carbocycles. The monoisotopic (exact) mass is 212 g/mol. The Bertz CT molecular complexity index is 243. The third-order valence-corrected chi connectivity index (χ3v) is 3.65. The summed E-state index contributed by atoms with van der Waals surface area (Å²) in [7, 11) is 0. The molecule has 0 spiro atoms. The Balaban J connectivity index is 1.83. The molecule has 4 heteroatoms. The third-order valence-electron chi connectivity index (χ3n) is 3.65. The minimum absolute atomic E-state index is 0.0147. The Hall–Kier alpha value is -0.610. The van der Waals surface area contributed by atoms with Gasteiger partial charge in [-0.25, -0.2) is 0 Å². The average Bonchev–Trinajstić information content (AvgIpc) is 2.16. The molecule has 0 atom stereocenters. The molecule has 0 unspecified atom stereocenters. The van der Waals surface area contributed by atoms with Crippen molar-refractivity contribution in [3.8, 4) is 0 Å². The number of hydrogen-bond acceptors (Lipinski definition) is 3. The van der Waals surface area contributed by atoms with E-state index < -0.39 is 5.54 Å². The SMILES string of the molecule is NC1(C(=O)NC2CC(O)C2)CCCCC1. The molecule has 0 aliphatic heterocycles. The van der Waals surface area contributed by atoms with Crippen molar-refractivity contribution in [1.29, 1.82) is 0 Å². The van der Waals surface area contributed by atoms with Crippen LogP contribution in [0.1, 0.15) is 44.9 Å². The Morgan fingerprint density at radius 1 is 1.27 bits per heavy atom. The largest absolute Gasteiger partial charge is 0.393 e. The van der Waals surface area contributed by atoms with E-state index in [2.05, 4.69) is 5.32 Å². The fourth-order valence-electron chi connectivity index (χ4n) is 2.44. The summed E-state index contributed by atoms with van der Waals surface area (Å²) >= 11 is 0. The number of aliphatic hydroxyl groups is 1. The minimum atomic E-state index is -0.640. The molecule has 2 rings (SSSR count). The lowest BCUT2D eigenvalue weighted by atomic mass is 9.80. The number of carbonyl (C=O) groups is 1. The summed E-state index contributed by atoms with van der Waals surface area (Å²) in [6.07, 6.45) is 6.03. The van der Waals surface area contributed by atoms with Gasteiger partial charge in [0.15, 0.2) is 0 Å². The van der Waals surface area contributed by atoms with Gasteiger partial charge in [0.05, 0.1) is 11.6 Å². The van der Waals surface area contributed by atoms with Crippen LogP contribution in [0.5, 0.6) is 0 Å². The molecule has 0 aromatic rings. The van der Waals surface area contributed by atoms with E-state index >= 15 is 0 Å². The predicted octanol–water partition coefficient (Wildman–Crippen LogP) is 0.287. The molecule has 2 saturated carbocycles. The Labute approximate surface area is 90.2 Å². The number of rotatable bonds is 2. The van der Waals surface area contributed by atoms with E-state index in [4.69, 9.17) is 10.8 Å². The van der Waals surface area contributed by atoms with Gasteiger partial charge in [0.2, 0.25) is 5.91 Å². The smallest absolute Gasteiger partial charge is 0.240 e. The van der Waals surface area contributed by atoms with E-state index in [1.54, 1.807) is 0 Å². The highest BCUT2D eigenvalue weighted by atomic mass is 16.3. The van der Waals surface area contributed by atoms with Gasteiger partial charge in [-0.15, -0.1) is 0 Å². The molecule has 4 N–H and O–H groups in total. The first kappa shape index (κ1) is 10.9. The first-order valence-electron chi connectivity index (χ1n) is 5.88. The van der Waals surface area contributed by atoms with Crippen LogP contribution in [-0.2, 0) is 4.79 Å². The molecule has 2 aliphatic rings. The summed E-state index contributed by atoms with van der Waals surface area (Å²) in [6.45, 7) is 0. The second kappa shape index (κ2) is 4.10. The molecule has 86 valence electrons. The Morgan fingerprint density at radius 2 is 1.87 bits per heavy atom. The van der Waals surface area contributed by atoms with Gasteiger partial charge in [-0.2, -0.15) is 0 Å². The van der Waals surface area contributed by atoms with Crippen molar-refractivity contribution in [2.45, 2.75) is 62.6 Å². The van der Waals surface area contributed by atoms with E-state index in [0.717, 1.165) is 25.7 Å². The topological polar surface area (TPSA) is 75.4 Å². The van der Waals surface area contributed by atoms with Crippen LogP contribution in [0.25, 0.3) is 0 Å². The summed E-state index contributed by atoms with van der Waals surface area (Å²) in [4.78, 5) is 11.9. The van der Waals surface area contributed by atoms with Crippen molar-refractivity contribution in [2.24, 2.45) is 5.73 Å². The number of carbonyl (C=O) groups excluding carboxylic acids is 1. The Morgan fingerprint density at radius 3 is 2.40 bits per heavy atom. The maximum absolute atomic E-state index is 11.9. The van der Waals surface area contributed by atoms with Crippen LogP contribution in [-0.4, -0.2) is 28.7 Å². The molecule has 0 radical (unpaired) electrons. The second-order valence-electron chi connectivity index (χ2n) is 5.01. The van der Waals surface area contributed by atoms with E-state index in [9.17, 15) is 4.79 Å². The second-order valence-corrected chi connectivity index (χ2v) is 5.01. The number of nitrogens with two attached hydrogens (primary N) is 1. The van der Waals surface area contributed by atoms with E-state index in [1.165, 1.54) is 6.42 Å². The number of hydrogen-bond donors (Lipinski definition) is 3. The van der Waals surface area contributed by atoms with Crippen LogP contribution < -0.4 is 11.1 Å². The molecule has 0 aromatic heterocycles. The van der Waals surface area contributed by atoms with Crippen LogP contribution in [0.15, 0.2) is 0 Å².